The van der Waals surface area contributed by atoms with Crippen molar-refractivity contribution >= 4 is 17.5 Å². The van der Waals surface area contributed by atoms with Gasteiger partial charge in [0.2, 0.25) is 5.91 Å². The maximum absolute atomic E-state index is 13.0. The van der Waals surface area contributed by atoms with Gasteiger partial charge in [-0.3, -0.25) is 9.59 Å². The molecule has 4 nitrogen and oxygen atoms in total. The van der Waals surface area contributed by atoms with Crippen LogP contribution in [0, 0.1) is 5.92 Å². The van der Waals surface area contributed by atoms with Crippen LogP contribution in [-0.2, 0) is 17.5 Å². The van der Waals surface area contributed by atoms with Crippen molar-refractivity contribution in [2.45, 2.75) is 63.7 Å². The van der Waals surface area contributed by atoms with Crippen molar-refractivity contribution in [3.05, 3.63) is 33.2 Å². The summed E-state index contributed by atoms with van der Waals surface area (Å²) in [6, 6.07) is 0.741. The normalized spacial score (nSPS) is 22.0. The molecule has 1 aromatic rings. The number of hydrogen-bond acceptors (Lipinski definition) is 2. The molecule has 0 radical (unpaired) electrons. The Morgan fingerprint density at radius 2 is 1.85 bits per heavy atom. The minimum absolute atomic E-state index is 0.139. The van der Waals surface area contributed by atoms with E-state index < -0.39 is 28.9 Å². The maximum Gasteiger partial charge on any atom is 0.417 e. The number of hydrogen-bond donors (Lipinski definition) is 0. The zero-order valence-corrected chi connectivity index (χ0v) is 15.2. The minimum atomic E-state index is -4.62. The summed E-state index contributed by atoms with van der Waals surface area (Å²) >= 11 is 5.66. The van der Waals surface area contributed by atoms with E-state index in [2.05, 4.69) is 0 Å². The Bertz CT molecular complexity index is 726. The summed E-state index contributed by atoms with van der Waals surface area (Å²) in [5, 5.41) is -0.530. The molecule has 8 heteroatoms. The largest absolute Gasteiger partial charge is 0.417 e. The van der Waals surface area contributed by atoms with Crippen molar-refractivity contribution in [3.63, 3.8) is 0 Å². The second kappa shape index (κ2) is 7.62. The SMILES string of the molecule is O=C(Cn1cc(C(F)(F)F)cc(Cl)c1=O)N1CCC[C@@H]1C1CCCCC1. The van der Waals surface area contributed by atoms with E-state index in [0.717, 1.165) is 43.1 Å². The van der Waals surface area contributed by atoms with Gasteiger partial charge in [0.15, 0.2) is 0 Å². The van der Waals surface area contributed by atoms with Gasteiger partial charge in [-0.25, -0.2) is 0 Å². The molecule has 26 heavy (non-hydrogen) atoms. The van der Waals surface area contributed by atoms with Gasteiger partial charge in [0.1, 0.15) is 11.6 Å². The van der Waals surface area contributed by atoms with Crippen molar-refractivity contribution in [2.24, 2.45) is 5.92 Å². The molecule has 1 aromatic heterocycles. The Balaban J connectivity index is 1.79. The van der Waals surface area contributed by atoms with Crippen LogP contribution >= 0.6 is 11.6 Å². The van der Waals surface area contributed by atoms with E-state index in [1.165, 1.54) is 6.42 Å². The molecule has 1 saturated heterocycles. The summed E-state index contributed by atoms with van der Waals surface area (Å²) in [7, 11) is 0. The molecular formula is C18H22ClF3N2O2. The lowest BCUT2D eigenvalue weighted by atomic mass is 9.83. The lowest BCUT2D eigenvalue weighted by molar-refractivity contribution is -0.139. The van der Waals surface area contributed by atoms with Gasteiger partial charge >= 0.3 is 6.18 Å². The number of pyridine rings is 1. The predicted octanol–water partition coefficient (Wildman–Crippen LogP) is 4.09. The lowest BCUT2D eigenvalue weighted by Gasteiger charge is -2.34. The van der Waals surface area contributed by atoms with Gasteiger partial charge in [-0.2, -0.15) is 13.2 Å². The van der Waals surface area contributed by atoms with E-state index >= 15 is 0 Å². The van der Waals surface area contributed by atoms with Crippen LogP contribution < -0.4 is 5.56 Å². The Morgan fingerprint density at radius 3 is 2.50 bits per heavy atom. The smallest absolute Gasteiger partial charge is 0.338 e. The van der Waals surface area contributed by atoms with Crippen molar-refractivity contribution in [2.75, 3.05) is 6.54 Å². The second-order valence-electron chi connectivity index (χ2n) is 7.20. The Hall–Kier alpha value is -1.50. The average Bonchev–Trinajstić information content (AvgIpc) is 3.08. The molecule has 1 atom stereocenters. The number of rotatable bonds is 3. The molecule has 0 N–H and O–H groups in total. The number of alkyl halides is 3. The summed E-state index contributed by atoms with van der Waals surface area (Å²) in [5.74, 6) is 0.146. The third-order valence-corrected chi connectivity index (χ3v) is 5.76. The molecule has 0 bridgehead atoms. The summed E-state index contributed by atoms with van der Waals surface area (Å²) in [5.41, 5.74) is -1.80. The van der Waals surface area contributed by atoms with Crippen LogP contribution in [0.15, 0.2) is 17.1 Å². The van der Waals surface area contributed by atoms with Gasteiger partial charge in [0.25, 0.3) is 5.56 Å². The number of aromatic nitrogens is 1. The van der Waals surface area contributed by atoms with Crippen molar-refractivity contribution < 1.29 is 18.0 Å². The van der Waals surface area contributed by atoms with Crippen LogP contribution in [0.25, 0.3) is 0 Å². The molecule has 0 aromatic carbocycles. The predicted molar refractivity (Wildman–Crippen MR) is 92.0 cm³/mol. The molecule has 2 aliphatic rings. The number of nitrogens with zero attached hydrogens (tertiary/aromatic N) is 2. The zero-order valence-electron chi connectivity index (χ0n) is 14.4. The standard InChI is InChI=1S/C18H22ClF3N2O2/c19-14-9-13(18(20,21)22)10-23(17(14)26)11-16(25)24-8-4-7-15(24)12-5-2-1-3-6-12/h9-10,12,15H,1-8,11H2/t15-/m1/s1. The van der Waals surface area contributed by atoms with Gasteiger partial charge in [-0.15, -0.1) is 0 Å². The van der Waals surface area contributed by atoms with Gasteiger partial charge in [-0.05, 0) is 37.7 Å². The van der Waals surface area contributed by atoms with E-state index in [4.69, 9.17) is 11.6 Å². The van der Waals surface area contributed by atoms with Gasteiger partial charge in [0.05, 0.1) is 5.56 Å². The fourth-order valence-corrected chi connectivity index (χ4v) is 4.45. The Kier molecular flexibility index (Phi) is 5.65. The highest BCUT2D eigenvalue weighted by molar-refractivity contribution is 6.30. The molecule has 1 saturated carbocycles. The fraction of sp³-hybridized carbons (Fsp3) is 0.667. The second-order valence-corrected chi connectivity index (χ2v) is 7.61. The third kappa shape index (κ3) is 4.08. The van der Waals surface area contributed by atoms with Crippen LogP contribution in [0.5, 0.6) is 0 Å². The zero-order chi connectivity index (χ0) is 18.9. The number of carbonyl (C=O) groups is 1. The molecule has 2 fully saturated rings. The number of likely N-dealkylation sites (tertiary alicyclic amines) is 1. The van der Waals surface area contributed by atoms with E-state index in [0.29, 0.717) is 24.7 Å². The summed E-state index contributed by atoms with van der Waals surface area (Å²) in [4.78, 5) is 26.6. The van der Waals surface area contributed by atoms with Crippen LogP contribution in [0.2, 0.25) is 5.02 Å². The van der Waals surface area contributed by atoms with E-state index in [1.54, 1.807) is 4.90 Å². The Labute approximate surface area is 154 Å². The summed E-state index contributed by atoms with van der Waals surface area (Å²) in [6.45, 7) is 0.188. The highest BCUT2D eigenvalue weighted by atomic mass is 35.5. The lowest BCUT2D eigenvalue weighted by Crippen LogP contribution is -2.43. The molecule has 1 aliphatic carbocycles. The van der Waals surface area contributed by atoms with E-state index in [-0.39, 0.29) is 11.9 Å². The molecule has 144 valence electrons. The number of amides is 1. The monoisotopic (exact) mass is 390 g/mol. The van der Waals surface area contributed by atoms with Crippen LogP contribution in [0.1, 0.15) is 50.5 Å². The first-order chi connectivity index (χ1) is 12.3. The molecule has 0 unspecified atom stereocenters. The highest BCUT2D eigenvalue weighted by Gasteiger charge is 2.36. The topological polar surface area (TPSA) is 42.3 Å². The quantitative estimate of drug-likeness (QED) is 0.780. The van der Waals surface area contributed by atoms with E-state index in [9.17, 15) is 22.8 Å². The Morgan fingerprint density at radius 1 is 1.15 bits per heavy atom. The molecule has 0 spiro atoms. The average molecular weight is 391 g/mol. The van der Waals surface area contributed by atoms with Gasteiger partial charge in [0, 0.05) is 18.8 Å². The highest BCUT2D eigenvalue weighted by Crippen LogP contribution is 2.34. The minimum Gasteiger partial charge on any atom is -0.338 e. The molecular weight excluding hydrogens is 369 g/mol. The van der Waals surface area contributed by atoms with Crippen molar-refractivity contribution in [3.8, 4) is 0 Å². The first kappa shape index (κ1) is 19.3. The summed E-state index contributed by atoms with van der Waals surface area (Å²) < 4.78 is 39.6. The summed E-state index contributed by atoms with van der Waals surface area (Å²) in [6.07, 6.45) is 3.58. The molecule has 2 heterocycles. The first-order valence-electron chi connectivity index (χ1n) is 9.04. The van der Waals surface area contributed by atoms with Crippen molar-refractivity contribution in [1.29, 1.82) is 0 Å². The van der Waals surface area contributed by atoms with Crippen molar-refractivity contribution in [1.82, 2.24) is 9.47 Å². The fourth-order valence-electron chi connectivity index (χ4n) is 4.22. The molecule has 1 aliphatic heterocycles. The van der Waals surface area contributed by atoms with Gasteiger partial charge in [-0.1, -0.05) is 30.9 Å². The first-order valence-corrected chi connectivity index (χ1v) is 9.42. The number of carbonyl (C=O) groups excluding carboxylic acids is 1. The van der Waals surface area contributed by atoms with Crippen LogP contribution in [0.4, 0.5) is 13.2 Å². The van der Waals surface area contributed by atoms with Crippen LogP contribution in [0.3, 0.4) is 0 Å². The van der Waals surface area contributed by atoms with E-state index in [1.807, 2.05) is 0 Å². The third-order valence-electron chi connectivity index (χ3n) is 5.49. The molecule has 1 amide bonds. The molecule has 3 rings (SSSR count). The van der Waals surface area contributed by atoms with Crippen LogP contribution in [-0.4, -0.2) is 28.0 Å². The maximum atomic E-state index is 13.0. The van der Waals surface area contributed by atoms with Gasteiger partial charge < -0.3 is 9.47 Å². The number of halogens is 4.